The van der Waals surface area contributed by atoms with E-state index in [1.54, 1.807) is 30.3 Å². The third kappa shape index (κ3) is 7.84. The first-order chi connectivity index (χ1) is 14.1. The number of nitrogens with two attached hydrogens (primary N) is 1. The topological polar surface area (TPSA) is 156 Å². The predicted molar refractivity (Wildman–Crippen MR) is 119 cm³/mol. The smallest absolute Gasteiger partial charge is 0.318 e. The van der Waals surface area contributed by atoms with Crippen LogP contribution in [-0.4, -0.2) is 62.8 Å². The number of benzene rings is 1. The highest BCUT2D eigenvalue weighted by molar-refractivity contribution is 7.94. The highest BCUT2D eigenvalue weighted by Crippen LogP contribution is 2.23. The quantitative estimate of drug-likeness (QED) is 0.318. The van der Waals surface area contributed by atoms with Gasteiger partial charge < -0.3 is 16.2 Å². The number of hydrogen-bond donors (Lipinski definition) is 3. The van der Waals surface area contributed by atoms with E-state index in [0.29, 0.717) is 11.5 Å². The maximum atomic E-state index is 12.0. The summed E-state index contributed by atoms with van der Waals surface area (Å²) in [6.45, 7) is 5.52. The zero-order valence-corrected chi connectivity index (χ0v) is 18.3. The molecule has 1 aromatic carbocycles. The lowest BCUT2D eigenvalue weighted by molar-refractivity contribution is -0.134. The fourth-order valence-electron chi connectivity index (χ4n) is 2.49. The van der Waals surface area contributed by atoms with E-state index < -0.39 is 37.1 Å². The minimum absolute atomic E-state index is 0.359. The van der Waals surface area contributed by atoms with Crippen molar-refractivity contribution in [3.63, 3.8) is 0 Å². The van der Waals surface area contributed by atoms with E-state index in [4.69, 9.17) is 10.8 Å². The van der Waals surface area contributed by atoms with Gasteiger partial charge in [-0.05, 0) is 31.1 Å². The molecular weight excluding hydrogens is 430 g/mol. The number of guanidine groups is 1. The van der Waals surface area contributed by atoms with Gasteiger partial charge in [0.1, 0.15) is 11.0 Å². The first kappa shape index (κ1) is 25.1. The van der Waals surface area contributed by atoms with Crippen molar-refractivity contribution in [3.8, 4) is 0 Å². The molecule has 0 radical (unpaired) electrons. The summed E-state index contributed by atoms with van der Waals surface area (Å²) >= 11 is 0. The summed E-state index contributed by atoms with van der Waals surface area (Å²) in [6, 6.07) is 8.85. The van der Waals surface area contributed by atoms with Crippen LogP contribution in [0.4, 0.5) is 0 Å². The summed E-state index contributed by atoms with van der Waals surface area (Å²) in [5.41, 5.74) is 6.61. The SMILES string of the molecule is CCN=C(N)NCC.O=C(O)CS(=O)(=O)C1C=CC(c2ccccc2)=CC1=S(=O)=O. The molecule has 1 aromatic rings. The third-order valence-electron chi connectivity index (χ3n) is 3.73. The van der Waals surface area contributed by atoms with Gasteiger partial charge in [-0.3, -0.25) is 9.79 Å². The molecule has 0 heterocycles. The molecule has 0 saturated carbocycles. The molecule has 0 bridgehead atoms. The Hall–Kier alpha value is -2.92. The van der Waals surface area contributed by atoms with Crippen molar-refractivity contribution in [3.05, 3.63) is 54.1 Å². The molecule has 1 aliphatic carbocycles. The number of carboxylic acid groups (broad SMARTS) is 1. The van der Waals surface area contributed by atoms with E-state index in [1.807, 2.05) is 13.8 Å². The molecule has 0 aliphatic heterocycles. The number of nitrogens with one attached hydrogen (secondary N) is 1. The highest BCUT2D eigenvalue weighted by atomic mass is 32.2. The van der Waals surface area contributed by atoms with Crippen LogP contribution in [0.3, 0.4) is 0 Å². The minimum Gasteiger partial charge on any atom is -0.480 e. The normalized spacial score (nSPS) is 16.2. The summed E-state index contributed by atoms with van der Waals surface area (Å²) in [5.74, 6) is -2.12. The van der Waals surface area contributed by atoms with E-state index in [1.165, 1.54) is 18.2 Å². The first-order valence-corrected chi connectivity index (χ1v) is 11.8. The van der Waals surface area contributed by atoms with Crippen LogP contribution in [0.2, 0.25) is 0 Å². The highest BCUT2D eigenvalue weighted by Gasteiger charge is 2.32. The van der Waals surface area contributed by atoms with Crippen LogP contribution in [0.25, 0.3) is 5.57 Å². The summed E-state index contributed by atoms with van der Waals surface area (Å²) in [6.07, 6.45) is 3.93. The molecule has 164 valence electrons. The van der Waals surface area contributed by atoms with Crippen molar-refractivity contribution in [2.45, 2.75) is 19.1 Å². The Morgan fingerprint density at radius 1 is 1.23 bits per heavy atom. The second kappa shape index (κ2) is 11.9. The fourth-order valence-corrected chi connectivity index (χ4v) is 4.92. The van der Waals surface area contributed by atoms with Crippen LogP contribution >= 0.6 is 0 Å². The average molecular weight is 456 g/mol. The Kier molecular flexibility index (Phi) is 9.99. The number of nitrogens with zero attached hydrogens (tertiary/aromatic N) is 1. The number of carboxylic acids is 1. The van der Waals surface area contributed by atoms with Crippen molar-refractivity contribution in [2.75, 3.05) is 18.8 Å². The summed E-state index contributed by atoms with van der Waals surface area (Å²) in [4.78, 5) is 14.2. The first-order valence-electron chi connectivity index (χ1n) is 9.00. The lowest BCUT2D eigenvalue weighted by atomic mass is 9.99. The maximum absolute atomic E-state index is 12.0. The van der Waals surface area contributed by atoms with Gasteiger partial charge in [-0.2, -0.15) is 8.42 Å². The van der Waals surface area contributed by atoms with Crippen LogP contribution in [0, 0.1) is 0 Å². The molecule has 0 fully saturated rings. The van der Waals surface area contributed by atoms with Gasteiger partial charge in [0.25, 0.3) is 0 Å². The minimum atomic E-state index is -4.14. The summed E-state index contributed by atoms with van der Waals surface area (Å²) in [7, 11) is -6.91. The van der Waals surface area contributed by atoms with Gasteiger partial charge in [0.05, 0.1) is 4.86 Å². The van der Waals surface area contributed by atoms with Gasteiger partial charge in [0.2, 0.25) is 10.3 Å². The Morgan fingerprint density at radius 2 is 1.87 bits per heavy atom. The van der Waals surface area contributed by atoms with E-state index in [2.05, 4.69) is 10.3 Å². The van der Waals surface area contributed by atoms with Gasteiger partial charge in [-0.1, -0.05) is 42.5 Å². The molecule has 9 nitrogen and oxygen atoms in total. The Balaban J connectivity index is 0.000000479. The van der Waals surface area contributed by atoms with Gasteiger partial charge in [0, 0.05) is 13.1 Å². The molecule has 1 unspecified atom stereocenters. The van der Waals surface area contributed by atoms with Crippen molar-refractivity contribution in [2.24, 2.45) is 10.7 Å². The van der Waals surface area contributed by atoms with E-state index in [0.717, 1.165) is 18.7 Å². The molecule has 30 heavy (non-hydrogen) atoms. The van der Waals surface area contributed by atoms with Crippen molar-refractivity contribution in [1.82, 2.24) is 5.32 Å². The monoisotopic (exact) mass is 455 g/mol. The molecule has 0 aromatic heterocycles. The molecule has 0 saturated heterocycles. The van der Waals surface area contributed by atoms with E-state index in [9.17, 15) is 21.6 Å². The lowest BCUT2D eigenvalue weighted by Gasteiger charge is -2.16. The molecule has 1 atom stereocenters. The maximum Gasteiger partial charge on any atom is 0.318 e. The number of carbonyl (C=O) groups is 1. The largest absolute Gasteiger partial charge is 0.480 e. The van der Waals surface area contributed by atoms with Crippen molar-refractivity contribution < 1.29 is 26.7 Å². The average Bonchev–Trinajstić information content (AvgIpc) is 2.68. The number of rotatable bonds is 6. The van der Waals surface area contributed by atoms with Crippen LogP contribution in [0.1, 0.15) is 19.4 Å². The molecule has 0 amide bonds. The number of aliphatic imine (C=N–C) groups is 1. The molecule has 0 spiro atoms. The van der Waals surface area contributed by atoms with Crippen LogP contribution in [0.15, 0.2) is 53.6 Å². The van der Waals surface area contributed by atoms with Gasteiger partial charge in [-0.15, -0.1) is 0 Å². The predicted octanol–water partition coefficient (Wildman–Crippen LogP) is 0.490. The Bertz CT molecular complexity index is 1060. The zero-order chi connectivity index (χ0) is 22.7. The second-order valence-corrected chi connectivity index (χ2v) is 9.04. The third-order valence-corrected chi connectivity index (χ3v) is 6.47. The molecule has 2 rings (SSSR count). The summed E-state index contributed by atoms with van der Waals surface area (Å²) in [5, 5.41) is 10.0. The van der Waals surface area contributed by atoms with Gasteiger partial charge in [-0.25, -0.2) is 8.42 Å². The number of allylic oxidation sites excluding steroid dienone is 3. The second-order valence-electron chi connectivity index (χ2n) is 5.97. The van der Waals surface area contributed by atoms with E-state index >= 15 is 0 Å². The van der Waals surface area contributed by atoms with Crippen LogP contribution < -0.4 is 11.1 Å². The lowest BCUT2D eigenvalue weighted by Crippen LogP contribution is -2.34. The van der Waals surface area contributed by atoms with E-state index in [-0.39, 0.29) is 4.86 Å². The van der Waals surface area contributed by atoms with Gasteiger partial charge in [0.15, 0.2) is 15.8 Å². The van der Waals surface area contributed by atoms with Crippen molar-refractivity contribution >= 4 is 42.5 Å². The molecular formula is C19H25N3O6S2. The fraction of sp³-hybridized carbons (Fsp3) is 0.316. The van der Waals surface area contributed by atoms with Crippen molar-refractivity contribution in [1.29, 1.82) is 0 Å². The molecule has 11 heteroatoms. The summed E-state index contributed by atoms with van der Waals surface area (Å²) < 4.78 is 46.7. The molecule has 1 aliphatic rings. The Morgan fingerprint density at radius 3 is 2.37 bits per heavy atom. The molecule has 4 N–H and O–H groups in total. The van der Waals surface area contributed by atoms with Crippen LogP contribution in [-0.2, 0) is 24.9 Å². The Labute approximate surface area is 177 Å². The number of aliphatic carboxylic acids is 1. The number of sulfone groups is 1. The number of hydrogen-bond acceptors (Lipinski definition) is 6. The standard InChI is InChI=1S/C14H12O6S2.C5H13N3/c15-14(16)9-22(19,20)13-7-6-11(8-12(13)21(17)18)10-4-2-1-3-5-10;1-3-7-5(6)8-4-2/h1-8,13H,9H2,(H,15,16);3-4H2,1-2H3,(H3,6,7,8). The van der Waals surface area contributed by atoms with Crippen LogP contribution in [0.5, 0.6) is 0 Å². The van der Waals surface area contributed by atoms with Gasteiger partial charge >= 0.3 is 5.97 Å². The zero-order valence-electron chi connectivity index (χ0n) is 16.6.